The van der Waals surface area contributed by atoms with E-state index in [-0.39, 0.29) is 0 Å². The number of aryl methyl sites for hydroxylation is 2. The van der Waals surface area contributed by atoms with Crippen LogP contribution in [0.3, 0.4) is 0 Å². The van der Waals surface area contributed by atoms with Crippen molar-refractivity contribution in [2.24, 2.45) is 0 Å². The van der Waals surface area contributed by atoms with E-state index in [1.54, 1.807) is 12.1 Å². The number of benzene rings is 1. The molecular weight excluding hydrogens is 430 g/mol. The van der Waals surface area contributed by atoms with Gasteiger partial charge in [-0.2, -0.15) is 13.2 Å². The van der Waals surface area contributed by atoms with Crippen LogP contribution in [0, 0.1) is 0 Å². The van der Waals surface area contributed by atoms with E-state index in [1.165, 1.54) is 0 Å². The topological polar surface area (TPSA) is 57.2 Å². The number of fused-ring (bicyclic) bond motifs is 1. The van der Waals surface area contributed by atoms with Crippen LogP contribution in [0.15, 0.2) is 24.3 Å². The molecule has 0 amide bonds. The summed E-state index contributed by atoms with van der Waals surface area (Å²) >= 11 is 0. The first kappa shape index (κ1) is 24.7. The van der Waals surface area contributed by atoms with Gasteiger partial charge in [0.15, 0.2) is 19.7 Å². The lowest BCUT2D eigenvalue weighted by atomic mass is 10.1. The quantitative estimate of drug-likeness (QED) is 0.229. The van der Waals surface area contributed by atoms with Gasteiger partial charge in [0.25, 0.3) is 0 Å². The molecule has 1 aromatic carbocycles. The molecule has 2 aromatic rings. The molecule has 1 heterocycles. The summed E-state index contributed by atoms with van der Waals surface area (Å²) in [5.41, 5.74) is -8.79. The molecule has 2 rings (SSSR count). The van der Waals surface area contributed by atoms with Crippen LogP contribution >= 0.6 is 10.5 Å². The fraction of sp³-hybridized carbons (Fsp3) is 0.529. The molecule has 0 N–H and O–H groups in total. The summed E-state index contributed by atoms with van der Waals surface area (Å²) in [4.78, 5) is 0.558. The van der Waals surface area contributed by atoms with Gasteiger partial charge in [0.2, 0.25) is 0 Å². The summed E-state index contributed by atoms with van der Waals surface area (Å²) in [6.07, 6.45) is 4.09. The maximum atomic E-state index is 13.4. The minimum Gasteiger partial charge on any atom is -0.741 e. The molecule has 0 aliphatic rings. The fourth-order valence-electron chi connectivity index (χ4n) is 2.49. The third-order valence-electron chi connectivity index (χ3n) is 3.71. The molecule has 1 unspecified atom stereocenters. The third kappa shape index (κ3) is 6.63. The average Bonchev–Trinajstić information content (AvgIpc) is 2.89. The van der Waals surface area contributed by atoms with Crippen LogP contribution in [0.1, 0.15) is 43.6 Å². The Labute approximate surface area is 162 Å². The van der Waals surface area contributed by atoms with E-state index < -0.39 is 31.6 Å². The molecule has 1 atom stereocenters. The summed E-state index contributed by atoms with van der Waals surface area (Å²) in [5, 5.41) is 0.761. The van der Waals surface area contributed by atoms with E-state index in [0.717, 1.165) is 36.6 Å². The number of halogens is 6. The number of rotatable bonds is 5. The van der Waals surface area contributed by atoms with E-state index in [0.29, 0.717) is 16.0 Å². The maximum Gasteiger partial charge on any atom is 0.600 e. The van der Waals surface area contributed by atoms with Gasteiger partial charge >= 0.3 is 11.0 Å². The van der Waals surface area contributed by atoms with Crippen LogP contribution in [0.2, 0.25) is 0 Å². The maximum absolute atomic E-state index is 13.4. The Bertz CT molecular complexity index is 883. The first-order chi connectivity index (χ1) is 12.7. The lowest BCUT2D eigenvalue weighted by Gasteiger charge is -2.08. The van der Waals surface area contributed by atoms with Crippen LogP contribution < -0.4 is 0 Å². The van der Waals surface area contributed by atoms with Crippen molar-refractivity contribution in [3.8, 4) is 0 Å². The number of thiophene rings is 1. The standard InChI is InChI=1S/C16H20F3S.CHF3O3S/c1-3-5-7-14-11-13-9-8-12(6-4-2)10-15(13)20(14)16(17,18)19;2-1(3,4)8(5,6)7/h8-11H,3-7H2,1-2H3;(H,5,6,7)/q+1;/p-1. The van der Waals surface area contributed by atoms with Crippen molar-refractivity contribution in [1.82, 2.24) is 0 Å². The second-order valence-corrected chi connectivity index (χ2v) is 9.40. The van der Waals surface area contributed by atoms with Gasteiger partial charge in [0.1, 0.15) is 0 Å². The minimum absolute atomic E-state index is 0.481. The van der Waals surface area contributed by atoms with E-state index in [1.807, 2.05) is 26.0 Å². The molecule has 0 saturated carbocycles. The lowest BCUT2D eigenvalue weighted by Crippen LogP contribution is -2.21. The summed E-state index contributed by atoms with van der Waals surface area (Å²) in [6.45, 7) is 4.05. The van der Waals surface area contributed by atoms with Crippen molar-refractivity contribution >= 4 is 30.7 Å². The SMILES string of the molecule is CCCCc1cc2ccc(CCC)cc2[s+]1C(F)(F)F.O=S(=O)([O-])C(F)(F)F. The van der Waals surface area contributed by atoms with Gasteiger partial charge < -0.3 is 4.55 Å². The summed E-state index contributed by atoms with van der Waals surface area (Å²) in [6, 6.07) is 7.34. The highest BCUT2D eigenvalue weighted by Crippen LogP contribution is 2.51. The van der Waals surface area contributed by atoms with Crippen molar-refractivity contribution in [3.05, 3.63) is 34.7 Å². The number of hydrogen-bond donors (Lipinski definition) is 0. The third-order valence-corrected chi connectivity index (χ3v) is 6.38. The normalized spacial score (nSPS) is 13.4. The fourth-order valence-corrected chi connectivity index (χ4v) is 4.55. The van der Waals surface area contributed by atoms with E-state index in [9.17, 15) is 26.3 Å². The van der Waals surface area contributed by atoms with Gasteiger partial charge in [0.05, 0.1) is 10.5 Å². The Morgan fingerprint density at radius 1 is 0.964 bits per heavy atom. The first-order valence-electron chi connectivity index (χ1n) is 8.39. The van der Waals surface area contributed by atoms with Crippen molar-refractivity contribution in [1.29, 1.82) is 0 Å². The molecule has 3 nitrogen and oxygen atoms in total. The highest BCUT2D eigenvalue weighted by Gasteiger charge is 2.47. The second kappa shape index (κ2) is 9.45. The predicted octanol–water partition coefficient (Wildman–Crippen LogP) is 6.41. The van der Waals surface area contributed by atoms with Gasteiger partial charge in [-0.05, 0) is 24.5 Å². The molecule has 0 fully saturated rings. The van der Waals surface area contributed by atoms with Crippen LogP contribution in [-0.2, 0) is 28.5 Å². The number of hydrogen-bond acceptors (Lipinski definition) is 3. The first-order valence-corrected chi connectivity index (χ1v) is 11.0. The zero-order valence-corrected chi connectivity index (χ0v) is 16.8. The summed E-state index contributed by atoms with van der Waals surface area (Å²) < 4.78 is 99.6. The molecular formula is C17H20F6O3S2. The van der Waals surface area contributed by atoms with Gasteiger partial charge in [-0.1, -0.05) is 32.8 Å². The van der Waals surface area contributed by atoms with Gasteiger partial charge in [0, 0.05) is 23.9 Å². The monoisotopic (exact) mass is 450 g/mol. The lowest BCUT2D eigenvalue weighted by molar-refractivity contribution is -0.0867. The molecule has 0 saturated heterocycles. The van der Waals surface area contributed by atoms with Crippen LogP contribution in [0.25, 0.3) is 10.1 Å². The van der Waals surface area contributed by atoms with Crippen LogP contribution in [0.4, 0.5) is 26.3 Å². The zero-order chi connectivity index (χ0) is 21.8. The van der Waals surface area contributed by atoms with Crippen LogP contribution in [0.5, 0.6) is 0 Å². The van der Waals surface area contributed by atoms with Crippen molar-refractivity contribution < 1.29 is 39.3 Å². The smallest absolute Gasteiger partial charge is 0.600 e. The average molecular weight is 450 g/mol. The molecule has 0 aliphatic carbocycles. The van der Waals surface area contributed by atoms with Crippen LogP contribution in [-0.4, -0.2) is 18.5 Å². The largest absolute Gasteiger partial charge is 0.741 e. The second-order valence-electron chi connectivity index (χ2n) is 5.99. The molecule has 11 heteroatoms. The molecule has 1 aromatic heterocycles. The van der Waals surface area contributed by atoms with E-state index in [4.69, 9.17) is 13.0 Å². The van der Waals surface area contributed by atoms with E-state index >= 15 is 0 Å². The Morgan fingerprint density at radius 3 is 1.96 bits per heavy atom. The Hall–Kier alpha value is -1.33. The minimum atomic E-state index is -6.09. The molecule has 0 radical (unpaired) electrons. The molecule has 0 bridgehead atoms. The Balaban J connectivity index is 0.000000416. The summed E-state index contributed by atoms with van der Waals surface area (Å²) in [7, 11) is -7.80. The van der Waals surface area contributed by atoms with Crippen molar-refractivity contribution in [3.63, 3.8) is 0 Å². The Morgan fingerprint density at radius 2 is 1.54 bits per heavy atom. The van der Waals surface area contributed by atoms with Crippen molar-refractivity contribution in [2.75, 3.05) is 0 Å². The molecule has 0 spiro atoms. The predicted molar refractivity (Wildman–Crippen MR) is 96.1 cm³/mol. The van der Waals surface area contributed by atoms with Gasteiger partial charge in [-0.25, -0.2) is 8.42 Å². The number of unbranched alkanes of at least 4 members (excludes halogenated alkanes) is 1. The van der Waals surface area contributed by atoms with Gasteiger partial charge in [-0.3, -0.25) is 0 Å². The molecule has 28 heavy (non-hydrogen) atoms. The van der Waals surface area contributed by atoms with Crippen molar-refractivity contribution in [2.45, 2.75) is 57.0 Å². The molecule has 0 aliphatic heterocycles. The number of alkyl halides is 6. The molecule has 160 valence electrons. The van der Waals surface area contributed by atoms with Gasteiger partial charge in [-0.15, -0.1) is 13.2 Å². The summed E-state index contributed by atoms with van der Waals surface area (Å²) in [5.74, 6) is 0. The van der Waals surface area contributed by atoms with E-state index in [2.05, 4.69) is 0 Å². The zero-order valence-electron chi connectivity index (χ0n) is 15.2. The highest BCUT2D eigenvalue weighted by molar-refractivity contribution is 7.86. The Kier molecular flexibility index (Phi) is 8.33. The highest BCUT2D eigenvalue weighted by atomic mass is 32.2.